The number of hydrogen-bond acceptors (Lipinski definition) is 7. The number of nitro benzene ring substituents is 2. The molecule has 0 unspecified atom stereocenters. The molecule has 0 aliphatic carbocycles. The average molecular weight is 414 g/mol. The van der Waals surface area contributed by atoms with Gasteiger partial charge in [-0.15, -0.1) is 0 Å². The molecule has 1 heterocycles. The van der Waals surface area contributed by atoms with E-state index in [2.05, 4.69) is 5.32 Å². The van der Waals surface area contributed by atoms with E-state index in [1.807, 2.05) is 0 Å². The van der Waals surface area contributed by atoms with E-state index in [1.165, 1.54) is 42.3 Å². The summed E-state index contributed by atoms with van der Waals surface area (Å²) in [5.41, 5.74) is 0.751. The molecule has 2 aromatic carbocycles. The number of nitrogens with one attached hydrogen (secondary N) is 1. The highest BCUT2D eigenvalue weighted by atomic mass is 16.6. The number of benzene rings is 2. The summed E-state index contributed by atoms with van der Waals surface area (Å²) in [6, 6.07) is 8.21. The van der Waals surface area contributed by atoms with E-state index in [-0.39, 0.29) is 41.7 Å². The van der Waals surface area contributed by atoms with Crippen molar-refractivity contribution >= 4 is 34.6 Å². The second-order valence-electron chi connectivity index (χ2n) is 6.77. The molecule has 0 aromatic heterocycles. The Morgan fingerprint density at radius 1 is 1.17 bits per heavy atom. The highest BCUT2D eigenvalue weighted by Gasteiger charge is 2.36. The van der Waals surface area contributed by atoms with Crippen LogP contribution >= 0.6 is 0 Å². The van der Waals surface area contributed by atoms with Crippen LogP contribution in [0.1, 0.15) is 12.0 Å². The second-order valence-corrected chi connectivity index (χ2v) is 6.77. The van der Waals surface area contributed by atoms with Crippen LogP contribution in [0.4, 0.5) is 22.7 Å². The summed E-state index contributed by atoms with van der Waals surface area (Å²) < 4.78 is 5.17. The standard InChI is InChI=1S/C19H18N4O7/c1-11-3-4-13(8-16(11)23(28)29)20-19(25)12-7-18(24)21(10-12)15-6-5-14(22(26)27)9-17(15)30-2/h3-6,8-9,12H,7,10H2,1-2H3,(H,20,25)/t12-/m0/s1. The minimum Gasteiger partial charge on any atom is -0.494 e. The van der Waals surface area contributed by atoms with Crippen LogP contribution in [-0.2, 0) is 9.59 Å². The van der Waals surface area contributed by atoms with Gasteiger partial charge in [0.15, 0.2) is 0 Å². The van der Waals surface area contributed by atoms with E-state index < -0.39 is 21.7 Å². The summed E-state index contributed by atoms with van der Waals surface area (Å²) >= 11 is 0. The maximum atomic E-state index is 12.6. The molecule has 11 nitrogen and oxygen atoms in total. The lowest BCUT2D eigenvalue weighted by molar-refractivity contribution is -0.385. The smallest absolute Gasteiger partial charge is 0.274 e. The molecule has 0 saturated carbocycles. The van der Waals surface area contributed by atoms with Gasteiger partial charge >= 0.3 is 0 Å². The van der Waals surface area contributed by atoms with Crippen molar-refractivity contribution in [1.29, 1.82) is 0 Å². The first kappa shape index (κ1) is 20.7. The van der Waals surface area contributed by atoms with E-state index in [1.54, 1.807) is 13.0 Å². The minimum atomic E-state index is -0.697. The number of methoxy groups -OCH3 is 1. The van der Waals surface area contributed by atoms with Crippen LogP contribution in [0.15, 0.2) is 36.4 Å². The molecule has 11 heteroatoms. The van der Waals surface area contributed by atoms with Crippen molar-refractivity contribution in [2.24, 2.45) is 5.92 Å². The lowest BCUT2D eigenvalue weighted by Gasteiger charge is -2.19. The highest BCUT2D eigenvalue weighted by Crippen LogP contribution is 2.36. The molecule has 0 radical (unpaired) electrons. The third-order valence-corrected chi connectivity index (χ3v) is 4.83. The number of anilines is 2. The molecule has 1 aliphatic rings. The zero-order valence-electron chi connectivity index (χ0n) is 16.2. The van der Waals surface area contributed by atoms with Crippen molar-refractivity contribution < 1.29 is 24.2 Å². The van der Waals surface area contributed by atoms with E-state index in [0.29, 0.717) is 11.3 Å². The SMILES string of the molecule is COc1cc([N+](=O)[O-])ccc1N1C[C@@H](C(=O)Nc2ccc(C)c([N+](=O)[O-])c2)CC1=O. The number of aryl methyl sites for hydroxylation is 1. The fourth-order valence-corrected chi connectivity index (χ4v) is 3.25. The van der Waals surface area contributed by atoms with Crippen LogP contribution in [0.2, 0.25) is 0 Å². The molecule has 30 heavy (non-hydrogen) atoms. The number of hydrogen-bond donors (Lipinski definition) is 1. The Morgan fingerprint density at radius 2 is 1.90 bits per heavy atom. The zero-order valence-corrected chi connectivity index (χ0v) is 16.2. The Kier molecular flexibility index (Phi) is 5.63. The Hall–Kier alpha value is -4.02. The van der Waals surface area contributed by atoms with Crippen molar-refractivity contribution in [2.75, 3.05) is 23.9 Å². The van der Waals surface area contributed by atoms with Crippen LogP contribution < -0.4 is 15.0 Å². The molecule has 1 aliphatic heterocycles. The molecule has 0 bridgehead atoms. The number of nitrogens with zero attached hydrogens (tertiary/aromatic N) is 3. The minimum absolute atomic E-state index is 0.0484. The molecule has 2 amide bonds. The number of amides is 2. The molecule has 3 rings (SSSR count). The summed E-state index contributed by atoms with van der Waals surface area (Å²) in [6.45, 7) is 1.64. The van der Waals surface area contributed by atoms with Gasteiger partial charge < -0.3 is 15.0 Å². The summed E-state index contributed by atoms with van der Waals surface area (Å²) in [5, 5.41) is 24.6. The first-order valence-corrected chi connectivity index (χ1v) is 8.90. The van der Waals surface area contributed by atoms with Gasteiger partial charge in [0, 0.05) is 36.3 Å². The van der Waals surface area contributed by atoms with Crippen molar-refractivity contribution in [2.45, 2.75) is 13.3 Å². The summed E-state index contributed by atoms with van der Waals surface area (Å²) in [7, 11) is 1.33. The molecular formula is C19H18N4O7. The number of ether oxygens (including phenoxy) is 1. The number of carbonyl (C=O) groups excluding carboxylic acids is 2. The molecule has 0 spiro atoms. The van der Waals surface area contributed by atoms with E-state index in [9.17, 15) is 29.8 Å². The lowest BCUT2D eigenvalue weighted by atomic mass is 10.1. The fourth-order valence-electron chi connectivity index (χ4n) is 3.25. The van der Waals surface area contributed by atoms with Gasteiger partial charge in [0.05, 0.1) is 34.6 Å². The van der Waals surface area contributed by atoms with Gasteiger partial charge in [0.25, 0.3) is 11.4 Å². The molecule has 156 valence electrons. The molecule has 1 N–H and O–H groups in total. The molecule has 2 aromatic rings. The molecule has 1 atom stereocenters. The fraction of sp³-hybridized carbons (Fsp3) is 0.263. The number of rotatable bonds is 6. The normalized spacial score (nSPS) is 15.7. The van der Waals surface area contributed by atoms with Crippen LogP contribution in [0.25, 0.3) is 0 Å². The number of nitro groups is 2. The Morgan fingerprint density at radius 3 is 2.53 bits per heavy atom. The van der Waals surface area contributed by atoms with Gasteiger partial charge in [-0.3, -0.25) is 29.8 Å². The van der Waals surface area contributed by atoms with E-state index in [4.69, 9.17) is 4.74 Å². The lowest BCUT2D eigenvalue weighted by Crippen LogP contribution is -2.28. The summed E-state index contributed by atoms with van der Waals surface area (Å²) in [6.07, 6.45) is -0.0695. The second kappa shape index (κ2) is 8.15. The number of carbonyl (C=O) groups is 2. The Bertz CT molecular complexity index is 1050. The van der Waals surface area contributed by atoms with E-state index >= 15 is 0 Å². The summed E-state index contributed by atoms with van der Waals surface area (Å²) in [4.78, 5) is 47.3. The maximum absolute atomic E-state index is 12.6. The predicted molar refractivity (Wildman–Crippen MR) is 107 cm³/mol. The van der Waals surface area contributed by atoms with Crippen molar-refractivity contribution in [1.82, 2.24) is 0 Å². The average Bonchev–Trinajstić information content (AvgIpc) is 3.10. The van der Waals surface area contributed by atoms with Crippen LogP contribution in [0.5, 0.6) is 5.75 Å². The van der Waals surface area contributed by atoms with Gasteiger partial charge in [0.1, 0.15) is 5.75 Å². The third kappa shape index (κ3) is 4.04. The van der Waals surface area contributed by atoms with E-state index in [0.717, 1.165) is 0 Å². The van der Waals surface area contributed by atoms with Crippen LogP contribution in [-0.4, -0.2) is 35.3 Å². The topological polar surface area (TPSA) is 145 Å². The number of non-ortho nitro benzene ring substituents is 1. The molecule has 1 fully saturated rings. The van der Waals surface area contributed by atoms with Crippen LogP contribution in [0, 0.1) is 33.1 Å². The van der Waals surface area contributed by atoms with Crippen molar-refractivity contribution in [3.63, 3.8) is 0 Å². The van der Waals surface area contributed by atoms with Crippen LogP contribution in [0.3, 0.4) is 0 Å². The quantitative estimate of drug-likeness (QED) is 0.565. The van der Waals surface area contributed by atoms with Crippen molar-refractivity contribution in [3.8, 4) is 5.75 Å². The van der Waals surface area contributed by atoms with Gasteiger partial charge in [-0.05, 0) is 19.1 Å². The third-order valence-electron chi connectivity index (χ3n) is 4.83. The predicted octanol–water partition coefficient (Wildman–Crippen LogP) is 2.81. The first-order chi connectivity index (χ1) is 14.2. The highest BCUT2D eigenvalue weighted by molar-refractivity contribution is 6.04. The van der Waals surface area contributed by atoms with Gasteiger partial charge in [-0.25, -0.2) is 0 Å². The van der Waals surface area contributed by atoms with Gasteiger partial charge in [0.2, 0.25) is 11.8 Å². The Labute approximate surface area is 170 Å². The molecule has 1 saturated heterocycles. The van der Waals surface area contributed by atoms with Crippen molar-refractivity contribution in [3.05, 3.63) is 62.2 Å². The monoisotopic (exact) mass is 414 g/mol. The molecular weight excluding hydrogens is 396 g/mol. The maximum Gasteiger partial charge on any atom is 0.274 e. The zero-order chi connectivity index (χ0) is 22.0. The van der Waals surface area contributed by atoms with Gasteiger partial charge in [-0.2, -0.15) is 0 Å². The first-order valence-electron chi connectivity index (χ1n) is 8.90. The largest absolute Gasteiger partial charge is 0.494 e. The summed E-state index contributed by atoms with van der Waals surface area (Å²) in [5.74, 6) is -1.34. The van der Waals surface area contributed by atoms with Gasteiger partial charge in [-0.1, -0.05) is 6.07 Å². The Balaban J connectivity index is 1.77.